The minimum absolute atomic E-state index is 0.0340. The molecule has 1 N–H and O–H groups in total. The van der Waals surface area contributed by atoms with Crippen LogP contribution >= 0.6 is 0 Å². The fraction of sp³-hybridized carbons (Fsp3) is 0.389. The minimum Gasteiger partial charge on any atom is -0.357 e. The standard InChI is InChI=1S/C18H22N4O2/c1-14-7-3-4-8-15(14)16(23)21-11-5-9-18(13-21,17(24)19-2)22-12-6-10-20-22/h3-4,6-8,10,12H,5,9,11,13H2,1-2H3,(H,19,24). The molecule has 0 spiro atoms. The lowest BCUT2D eigenvalue weighted by molar-refractivity contribution is -0.132. The highest BCUT2D eigenvalue weighted by Crippen LogP contribution is 2.30. The zero-order chi connectivity index (χ0) is 17.2. The Labute approximate surface area is 141 Å². The van der Waals surface area contributed by atoms with E-state index in [1.54, 1.807) is 35.1 Å². The number of carbonyl (C=O) groups is 2. The molecule has 2 amide bonds. The van der Waals surface area contributed by atoms with E-state index in [9.17, 15) is 9.59 Å². The van der Waals surface area contributed by atoms with Crippen LogP contribution in [-0.4, -0.2) is 46.6 Å². The molecule has 1 atom stereocenters. The zero-order valence-electron chi connectivity index (χ0n) is 14.0. The van der Waals surface area contributed by atoms with Gasteiger partial charge in [0.2, 0.25) is 5.91 Å². The van der Waals surface area contributed by atoms with Gasteiger partial charge in [-0.1, -0.05) is 18.2 Å². The van der Waals surface area contributed by atoms with Crippen molar-refractivity contribution in [2.45, 2.75) is 25.3 Å². The molecular weight excluding hydrogens is 304 g/mol. The maximum Gasteiger partial charge on any atom is 0.254 e. The van der Waals surface area contributed by atoms with Crippen molar-refractivity contribution in [2.75, 3.05) is 20.1 Å². The van der Waals surface area contributed by atoms with E-state index in [4.69, 9.17) is 0 Å². The van der Waals surface area contributed by atoms with Gasteiger partial charge in [-0.25, -0.2) is 0 Å². The summed E-state index contributed by atoms with van der Waals surface area (Å²) in [5, 5.41) is 7.02. The number of hydrogen-bond acceptors (Lipinski definition) is 3. The topological polar surface area (TPSA) is 67.2 Å². The van der Waals surface area contributed by atoms with Gasteiger partial charge < -0.3 is 10.2 Å². The predicted molar refractivity (Wildman–Crippen MR) is 90.6 cm³/mol. The van der Waals surface area contributed by atoms with E-state index >= 15 is 0 Å². The number of nitrogens with one attached hydrogen (secondary N) is 1. The molecular formula is C18H22N4O2. The predicted octanol–water partition coefficient (Wildman–Crippen LogP) is 1.57. The Bertz CT molecular complexity index is 741. The molecule has 1 unspecified atom stereocenters. The molecule has 1 fully saturated rings. The molecule has 2 heterocycles. The largest absolute Gasteiger partial charge is 0.357 e. The maximum atomic E-state index is 13.0. The molecule has 126 valence electrons. The number of nitrogens with zero attached hydrogens (tertiary/aromatic N) is 3. The number of piperidine rings is 1. The SMILES string of the molecule is CNC(=O)C1(n2cccn2)CCCN(C(=O)c2ccccc2C)C1. The highest BCUT2D eigenvalue weighted by molar-refractivity contribution is 5.96. The lowest BCUT2D eigenvalue weighted by Crippen LogP contribution is -2.59. The van der Waals surface area contributed by atoms with Crippen LogP contribution in [0.1, 0.15) is 28.8 Å². The van der Waals surface area contributed by atoms with Crippen molar-refractivity contribution >= 4 is 11.8 Å². The molecule has 1 saturated heterocycles. The van der Waals surface area contributed by atoms with E-state index in [0.29, 0.717) is 25.1 Å². The fourth-order valence-electron chi connectivity index (χ4n) is 3.42. The van der Waals surface area contributed by atoms with E-state index in [2.05, 4.69) is 10.4 Å². The third kappa shape index (κ3) is 2.68. The third-order valence-corrected chi connectivity index (χ3v) is 4.73. The van der Waals surface area contributed by atoms with Crippen molar-refractivity contribution in [1.29, 1.82) is 0 Å². The Kier molecular flexibility index (Phi) is 4.38. The van der Waals surface area contributed by atoms with Crippen LogP contribution < -0.4 is 5.32 Å². The molecule has 1 aromatic heterocycles. The van der Waals surface area contributed by atoms with Crippen LogP contribution in [0.4, 0.5) is 0 Å². The zero-order valence-corrected chi connectivity index (χ0v) is 14.0. The third-order valence-electron chi connectivity index (χ3n) is 4.73. The van der Waals surface area contributed by atoms with Crippen LogP contribution in [0.2, 0.25) is 0 Å². The summed E-state index contributed by atoms with van der Waals surface area (Å²) in [6, 6.07) is 9.34. The van der Waals surface area contributed by atoms with Gasteiger partial charge in [0.05, 0.1) is 6.54 Å². The Balaban J connectivity index is 1.94. The first-order chi connectivity index (χ1) is 11.6. The molecule has 6 nitrogen and oxygen atoms in total. The summed E-state index contributed by atoms with van der Waals surface area (Å²) < 4.78 is 1.68. The second-order valence-electron chi connectivity index (χ2n) is 6.21. The van der Waals surface area contributed by atoms with Crippen LogP contribution in [0.15, 0.2) is 42.7 Å². The number of hydrogen-bond donors (Lipinski definition) is 1. The summed E-state index contributed by atoms with van der Waals surface area (Å²) in [6.45, 7) is 2.89. The average molecular weight is 326 g/mol. The van der Waals surface area contributed by atoms with E-state index < -0.39 is 5.54 Å². The Morgan fingerprint density at radius 3 is 2.71 bits per heavy atom. The van der Waals surface area contributed by atoms with Crippen molar-refractivity contribution in [3.05, 3.63) is 53.9 Å². The Hall–Kier alpha value is -2.63. The van der Waals surface area contributed by atoms with Crippen molar-refractivity contribution in [3.63, 3.8) is 0 Å². The number of aryl methyl sites for hydroxylation is 1. The highest BCUT2D eigenvalue weighted by Gasteiger charge is 2.45. The van der Waals surface area contributed by atoms with Crippen molar-refractivity contribution in [2.24, 2.45) is 0 Å². The van der Waals surface area contributed by atoms with Gasteiger partial charge in [-0.15, -0.1) is 0 Å². The van der Waals surface area contributed by atoms with Gasteiger partial charge >= 0.3 is 0 Å². The molecule has 6 heteroatoms. The molecule has 0 bridgehead atoms. The summed E-state index contributed by atoms with van der Waals surface area (Å²) in [6.07, 6.45) is 4.86. The van der Waals surface area contributed by atoms with E-state index in [1.807, 2.05) is 31.2 Å². The van der Waals surface area contributed by atoms with Gasteiger partial charge in [-0.05, 0) is 37.5 Å². The maximum absolute atomic E-state index is 13.0. The van der Waals surface area contributed by atoms with E-state index in [0.717, 1.165) is 12.0 Å². The molecule has 3 rings (SSSR count). The number of rotatable bonds is 3. The number of carbonyl (C=O) groups excluding carboxylic acids is 2. The van der Waals surface area contributed by atoms with Crippen LogP contribution in [0.5, 0.6) is 0 Å². The summed E-state index contributed by atoms with van der Waals surface area (Å²) in [5.41, 5.74) is 0.776. The van der Waals surface area contributed by atoms with Gasteiger partial charge in [-0.3, -0.25) is 14.3 Å². The van der Waals surface area contributed by atoms with Gasteiger partial charge in [0.25, 0.3) is 5.91 Å². The van der Waals surface area contributed by atoms with E-state index in [1.165, 1.54) is 0 Å². The number of amides is 2. The van der Waals surface area contributed by atoms with Crippen LogP contribution in [-0.2, 0) is 10.3 Å². The van der Waals surface area contributed by atoms with Gasteiger partial charge in [0.15, 0.2) is 5.54 Å². The minimum atomic E-state index is -0.852. The monoisotopic (exact) mass is 326 g/mol. The number of likely N-dealkylation sites (N-methyl/N-ethyl adjacent to an activating group) is 1. The Morgan fingerprint density at radius 1 is 1.25 bits per heavy atom. The molecule has 1 aliphatic heterocycles. The highest BCUT2D eigenvalue weighted by atomic mass is 16.2. The molecule has 2 aromatic rings. The van der Waals surface area contributed by atoms with Crippen LogP contribution in [0, 0.1) is 6.92 Å². The van der Waals surface area contributed by atoms with Crippen LogP contribution in [0.3, 0.4) is 0 Å². The summed E-state index contributed by atoms with van der Waals surface area (Å²) in [4.78, 5) is 27.4. The number of benzene rings is 1. The summed E-state index contributed by atoms with van der Waals surface area (Å²) in [7, 11) is 1.62. The summed E-state index contributed by atoms with van der Waals surface area (Å²) >= 11 is 0. The fourth-order valence-corrected chi connectivity index (χ4v) is 3.42. The molecule has 1 aromatic carbocycles. The quantitative estimate of drug-likeness (QED) is 0.931. The smallest absolute Gasteiger partial charge is 0.254 e. The lowest BCUT2D eigenvalue weighted by atomic mass is 9.87. The number of aromatic nitrogens is 2. The lowest BCUT2D eigenvalue weighted by Gasteiger charge is -2.41. The molecule has 0 radical (unpaired) electrons. The van der Waals surface area contributed by atoms with Gasteiger partial charge in [0, 0.05) is 31.5 Å². The van der Waals surface area contributed by atoms with Gasteiger partial charge in [0.1, 0.15) is 0 Å². The van der Waals surface area contributed by atoms with Crippen molar-refractivity contribution in [1.82, 2.24) is 20.0 Å². The molecule has 1 aliphatic rings. The second-order valence-corrected chi connectivity index (χ2v) is 6.21. The first-order valence-electron chi connectivity index (χ1n) is 8.16. The number of likely N-dealkylation sites (tertiary alicyclic amines) is 1. The normalized spacial score (nSPS) is 20.7. The summed E-state index contributed by atoms with van der Waals surface area (Å²) in [5.74, 6) is -0.151. The van der Waals surface area contributed by atoms with Gasteiger partial charge in [-0.2, -0.15) is 5.10 Å². The average Bonchev–Trinajstić information content (AvgIpc) is 3.16. The molecule has 24 heavy (non-hydrogen) atoms. The van der Waals surface area contributed by atoms with Crippen molar-refractivity contribution in [3.8, 4) is 0 Å². The first-order valence-corrected chi connectivity index (χ1v) is 8.16. The van der Waals surface area contributed by atoms with E-state index in [-0.39, 0.29) is 11.8 Å². The molecule has 0 saturated carbocycles. The van der Waals surface area contributed by atoms with Crippen LogP contribution in [0.25, 0.3) is 0 Å². The first kappa shape index (κ1) is 16.2. The van der Waals surface area contributed by atoms with Crippen molar-refractivity contribution < 1.29 is 9.59 Å². The second kappa shape index (κ2) is 6.47. The molecule has 0 aliphatic carbocycles. The Morgan fingerprint density at radius 2 is 2.04 bits per heavy atom.